The lowest BCUT2D eigenvalue weighted by atomic mass is 10.1. The summed E-state index contributed by atoms with van der Waals surface area (Å²) in [5, 5.41) is 9.64. The molecule has 0 unspecified atom stereocenters. The van der Waals surface area contributed by atoms with Crippen LogP contribution >= 0.6 is 11.6 Å². The number of aromatic amines is 1. The molecule has 3 rings (SSSR count). The van der Waals surface area contributed by atoms with Crippen LogP contribution in [0, 0.1) is 5.82 Å². The molecule has 0 aliphatic carbocycles. The van der Waals surface area contributed by atoms with Crippen molar-refractivity contribution in [3.05, 3.63) is 69.4 Å². The number of hydrogen-bond acceptors (Lipinski definition) is 5. The van der Waals surface area contributed by atoms with E-state index in [1.165, 1.54) is 19.1 Å². The molecule has 28 heavy (non-hydrogen) atoms. The van der Waals surface area contributed by atoms with Gasteiger partial charge in [0, 0.05) is 10.4 Å². The average molecular weight is 404 g/mol. The second kappa shape index (κ2) is 8.18. The molecule has 0 aliphatic rings. The van der Waals surface area contributed by atoms with Gasteiger partial charge in [0.2, 0.25) is 0 Å². The smallest absolute Gasteiger partial charge is 0.312 e. The SMILES string of the molecule is C[C@@H](OC(=O)Cc1n[nH]c(=O)c2ccccc12)C(=O)Nc1ccc(Cl)cc1F. The molecule has 0 spiro atoms. The normalized spacial score (nSPS) is 11.8. The van der Waals surface area contributed by atoms with Gasteiger partial charge in [0.15, 0.2) is 6.10 Å². The van der Waals surface area contributed by atoms with E-state index >= 15 is 0 Å². The molecule has 144 valence electrons. The number of rotatable bonds is 5. The third-order valence-corrected chi connectivity index (χ3v) is 4.19. The molecular formula is C19H15ClFN3O4. The van der Waals surface area contributed by atoms with Crippen LogP contribution in [0.5, 0.6) is 0 Å². The Bertz CT molecular complexity index is 1120. The number of nitrogens with one attached hydrogen (secondary N) is 2. The number of amides is 1. The predicted molar refractivity (Wildman–Crippen MR) is 102 cm³/mol. The Morgan fingerprint density at radius 2 is 1.96 bits per heavy atom. The van der Waals surface area contributed by atoms with Gasteiger partial charge in [-0.05, 0) is 31.2 Å². The van der Waals surface area contributed by atoms with Crippen LogP contribution < -0.4 is 10.9 Å². The fourth-order valence-electron chi connectivity index (χ4n) is 2.56. The minimum absolute atomic E-state index is 0.0782. The zero-order valence-electron chi connectivity index (χ0n) is 14.7. The first-order chi connectivity index (χ1) is 13.3. The van der Waals surface area contributed by atoms with Crippen molar-refractivity contribution >= 4 is 39.9 Å². The molecule has 0 fully saturated rings. The molecule has 0 radical (unpaired) electrons. The van der Waals surface area contributed by atoms with Gasteiger partial charge in [-0.2, -0.15) is 5.10 Å². The fraction of sp³-hybridized carbons (Fsp3) is 0.158. The van der Waals surface area contributed by atoms with E-state index in [0.717, 1.165) is 6.07 Å². The summed E-state index contributed by atoms with van der Waals surface area (Å²) in [5.74, 6) is -2.12. The van der Waals surface area contributed by atoms with Gasteiger partial charge < -0.3 is 10.1 Å². The van der Waals surface area contributed by atoms with Gasteiger partial charge in [0.25, 0.3) is 11.5 Å². The number of fused-ring (bicyclic) bond motifs is 1. The van der Waals surface area contributed by atoms with Crippen molar-refractivity contribution in [1.29, 1.82) is 0 Å². The number of carbonyl (C=O) groups excluding carboxylic acids is 2. The third kappa shape index (κ3) is 4.34. The summed E-state index contributed by atoms with van der Waals surface area (Å²) in [5.41, 5.74) is -0.132. The zero-order valence-corrected chi connectivity index (χ0v) is 15.4. The highest BCUT2D eigenvalue weighted by molar-refractivity contribution is 6.30. The molecule has 1 aromatic heterocycles. The van der Waals surface area contributed by atoms with E-state index in [9.17, 15) is 18.8 Å². The number of esters is 1. The first-order valence-electron chi connectivity index (χ1n) is 8.27. The molecule has 1 heterocycles. The number of benzene rings is 2. The molecule has 3 aromatic rings. The highest BCUT2D eigenvalue weighted by Crippen LogP contribution is 2.19. The van der Waals surface area contributed by atoms with E-state index in [1.807, 2.05) is 0 Å². The van der Waals surface area contributed by atoms with Crippen molar-refractivity contribution in [1.82, 2.24) is 10.2 Å². The van der Waals surface area contributed by atoms with E-state index in [2.05, 4.69) is 15.5 Å². The maximum absolute atomic E-state index is 13.8. The standard InChI is InChI=1S/C19H15ClFN3O4/c1-10(18(26)22-15-7-6-11(20)8-14(15)21)28-17(25)9-16-12-4-2-3-5-13(12)19(27)24-23-16/h2-8,10H,9H2,1H3,(H,22,26)(H,24,27)/t10-/m1/s1. The lowest BCUT2D eigenvalue weighted by Crippen LogP contribution is -2.31. The van der Waals surface area contributed by atoms with Gasteiger partial charge in [0.05, 0.1) is 23.2 Å². The van der Waals surface area contributed by atoms with Crippen LogP contribution in [0.15, 0.2) is 47.3 Å². The Balaban J connectivity index is 1.67. The molecule has 0 saturated carbocycles. The van der Waals surface area contributed by atoms with E-state index in [4.69, 9.17) is 16.3 Å². The number of nitrogens with zero attached hydrogens (tertiary/aromatic N) is 1. The summed E-state index contributed by atoms with van der Waals surface area (Å²) < 4.78 is 18.9. The summed E-state index contributed by atoms with van der Waals surface area (Å²) in [6.07, 6.45) is -1.42. The van der Waals surface area contributed by atoms with Crippen LogP contribution in [0.1, 0.15) is 12.6 Å². The highest BCUT2D eigenvalue weighted by Gasteiger charge is 2.20. The van der Waals surface area contributed by atoms with Crippen LogP contribution in [-0.2, 0) is 20.7 Å². The zero-order chi connectivity index (χ0) is 20.3. The second-order valence-corrected chi connectivity index (χ2v) is 6.40. The second-order valence-electron chi connectivity index (χ2n) is 5.97. The van der Waals surface area contributed by atoms with Gasteiger partial charge >= 0.3 is 5.97 Å². The number of anilines is 1. The molecule has 2 N–H and O–H groups in total. The predicted octanol–water partition coefficient (Wildman–Crippen LogP) is 2.83. The molecule has 9 heteroatoms. The monoisotopic (exact) mass is 403 g/mol. The van der Waals surface area contributed by atoms with Crippen molar-refractivity contribution in [2.75, 3.05) is 5.32 Å². The first-order valence-corrected chi connectivity index (χ1v) is 8.64. The summed E-state index contributed by atoms with van der Waals surface area (Å²) >= 11 is 5.66. The van der Waals surface area contributed by atoms with Crippen molar-refractivity contribution in [3.8, 4) is 0 Å². The molecular weight excluding hydrogens is 389 g/mol. The van der Waals surface area contributed by atoms with Crippen molar-refractivity contribution in [2.24, 2.45) is 0 Å². The van der Waals surface area contributed by atoms with E-state index in [1.54, 1.807) is 24.3 Å². The topological polar surface area (TPSA) is 101 Å². The van der Waals surface area contributed by atoms with E-state index in [-0.39, 0.29) is 22.7 Å². The van der Waals surface area contributed by atoms with Crippen LogP contribution in [0.25, 0.3) is 10.8 Å². The minimum atomic E-state index is -1.17. The van der Waals surface area contributed by atoms with Crippen LogP contribution in [0.4, 0.5) is 10.1 Å². The number of carbonyl (C=O) groups is 2. The third-order valence-electron chi connectivity index (χ3n) is 3.95. The average Bonchev–Trinajstić information content (AvgIpc) is 2.66. The Labute approximate surface area is 163 Å². The molecule has 0 aliphatic heterocycles. The lowest BCUT2D eigenvalue weighted by Gasteiger charge is -2.14. The molecule has 1 atom stereocenters. The maximum Gasteiger partial charge on any atom is 0.312 e. The van der Waals surface area contributed by atoms with Gasteiger partial charge in [-0.3, -0.25) is 14.4 Å². The van der Waals surface area contributed by atoms with Crippen LogP contribution in [-0.4, -0.2) is 28.2 Å². The van der Waals surface area contributed by atoms with E-state index in [0.29, 0.717) is 16.5 Å². The highest BCUT2D eigenvalue weighted by atomic mass is 35.5. The van der Waals surface area contributed by atoms with Crippen LogP contribution in [0.3, 0.4) is 0 Å². The molecule has 1 amide bonds. The number of ether oxygens (including phenoxy) is 1. The number of hydrogen-bond donors (Lipinski definition) is 2. The Kier molecular flexibility index (Phi) is 5.70. The Morgan fingerprint density at radius 3 is 2.68 bits per heavy atom. The quantitative estimate of drug-likeness (QED) is 0.638. The fourth-order valence-corrected chi connectivity index (χ4v) is 2.72. The van der Waals surface area contributed by atoms with Gasteiger partial charge in [-0.1, -0.05) is 29.8 Å². The molecule has 2 aromatic carbocycles. The Morgan fingerprint density at radius 1 is 1.25 bits per heavy atom. The van der Waals surface area contributed by atoms with Gasteiger partial charge in [-0.25, -0.2) is 9.49 Å². The molecule has 0 bridgehead atoms. The number of aromatic nitrogens is 2. The van der Waals surface area contributed by atoms with Gasteiger partial charge in [-0.15, -0.1) is 0 Å². The van der Waals surface area contributed by atoms with Crippen LogP contribution in [0.2, 0.25) is 5.02 Å². The Hall–Kier alpha value is -3.26. The molecule has 7 nitrogen and oxygen atoms in total. The number of H-pyrrole nitrogens is 1. The van der Waals surface area contributed by atoms with Crippen molar-refractivity contribution in [2.45, 2.75) is 19.4 Å². The minimum Gasteiger partial charge on any atom is -0.452 e. The summed E-state index contributed by atoms with van der Waals surface area (Å²) in [4.78, 5) is 36.1. The summed E-state index contributed by atoms with van der Waals surface area (Å²) in [6, 6.07) is 10.5. The number of halogens is 2. The summed E-state index contributed by atoms with van der Waals surface area (Å²) in [6.45, 7) is 1.36. The van der Waals surface area contributed by atoms with E-state index < -0.39 is 23.8 Å². The van der Waals surface area contributed by atoms with Crippen molar-refractivity contribution < 1.29 is 18.7 Å². The molecule has 0 saturated heterocycles. The van der Waals surface area contributed by atoms with Gasteiger partial charge in [0.1, 0.15) is 5.82 Å². The lowest BCUT2D eigenvalue weighted by molar-refractivity contribution is -0.152. The largest absolute Gasteiger partial charge is 0.452 e. The summed E-state index contributed by atoms with van der Waals surface area (Å²) in [7, 11) is 0. The maximum atomic E-state index is 13.8. The van der Waals surface area contributed by atoms with Crippen molar-refractivity contribution in [3.63, 3.8) is 0 Å². The first kappa shape index (κ1) is 19.5.